The molecule has 0 saturated carbocycles. The molecular weight excluding hydrogens is 422 g/mol. The number of benzene rings is 3. The fourth-order valence-electron chi connectivity index (χ4n) is 3.80. The number of nitrogens with one attached hydrogen (secondary N) is 1. The Balaban J connectivity index is 1.70. The van der Waals surface area contributed by atoms with Crippen LogP contribution in [0.4, 0.5) is 8.78 Å². The van der Waals surface area contributed by atoms with E-state index in [9.17, 15) is 13.6 Å². The first-order valence-corrected chi connectivity index (χ1v) is 11.0. The number of fused-ring (bicyclic) bond motifs is 1. The van der Waals surface area contributed by atoms with Crippen LogP contribution in [0, 0.1) is 11.6 Å². The van der Waals surface area contributed by atoms with Gasteiger partial charge in [-0.25, -0.2) is 13.8 Å². The number of hydrogen-bond acceptors (Lipinski definition) is 3. The molecule has 0 atom stereocenters. The molecule has 5 nitrogen and oxygen atoms in total. The lowest BCUT2D eigenvalue weighted by Gasteiger charge is -2.11. The van der Waals surface area contributed by atoms with Crippen LogP contribution >= 0.6 is 0 Å². The summed E-state index contributed by atoms with van der Waals surface area (Å²) in [5, 5.41) is 2.95. The Morgan fingerprint density at radius 3 is 2.42 bits per heavy atom. The molecule has 4 aromatic rings. The Hall–Kier alpha value is -3.58. The van der Waals surface area contributed by atoms with Crippen molar-refractivity contribution < 1.29 is 13.6 Å². The van der Waals surface area contributed by atoms with E-state index in [-0.39, 0.29) is 5.91 Å². The van der Waals surface area contributed by atoms with Crippen molar-refractivity contribution in [3.05, 3.63) is 89.8 Å². The zero-order valence-corrected chi connectivity index (χ0v) is 18.2. The van der Waals surface area contributed by atoms with Crippen LogP contribution in [-0.4, -0.2) is 28.5 Å². The van der Waals surface area contributed by atoms with Gasteiger partial charge >= 0.3 is 0 Å². The van der Waals surface area contributed by atoms with Gasteiger partial charge in [-0.3, -0.25) is 4.79 Å². The van der Waals surface area contributed by atoms with Gasteiger partial charge in [-0.15, -0.1) is 0 Å². The fourth-order valence-corrected chi connectivity index (χ4v) is 3.80. The molecule has 0 radical (unpaired) electrons. The Morgan fingerprint density at radius 1 is 0.909 bits per heavy atom. The largest absolute Gasteiger partial charge is 0.349 e. The number of amides is 1. The summed E-state index contributed by atoms with van der Waals surface area (Å²) in [7, 11) is 0. The van der Waals surface area contributed by atoms with Crippen molar-refractivity contribution in [2.75, 3.05) is 13.1 Å². The molecule has 0 aliphatic carbocycles. The van der Waals surface area contributed by atoms with Crippen LogP contribution in [0.2, 0.25) is 0 Å². The minimum atomic E-state index is -0.903. The third kappa shape index (κ3) is 5.26. The quantitative estimate of drug-likeness (QED) is 0.358. The first kappa shape index (κ1) is 22.6. The number of nitrogens with two attached hydrogens (primary N) is 1. The van der Waals surface area contributed by atoms with Gasteiger partial charge < -0.3 is 15.6 Å². The molecule has 0 fully saturated rings. The molecule has 0 aliphatic rings. The van der Waals surface area contributed by atoms with E-state index in [1.54, 1.807) is 12.1 Å². The van der Waals surface area contributed by atoms with E-state index >= 15 is 0 Å². The van der Waals surface area contributed by atoms with Crippen molar-refractivity contribution in [3.63, 3.8) is 0 Å². The maximum atomic E-state index is 13.8. The highest BCUT2D eigenvalue weighted by molar-refractivity contribution is 5.95. The summed E-state index contributed by atoms with van der Waals surface area (Å²) in [5.74, 6) is -1.72. The summed E-state index contributed by atoms with van der Waals surface area (Å²) in [4.78, 5) is 17.6. The molecule has 0 unspecified atom stereocenters. The van der Waals surface area contributed by atoms with E-state index in [4.69, 9.17) is 5.73 Å². The van der Waals surface area contributed by atoms with E-state index < -0.39 is 11.6 Å². The van der Waals surface area contributed by atoms with E-state index in [0.717, 1.165) is 36.4 Å². The molecule has 0 aliphatic heterocycles. The first-order valence-electron chi connectivity index (χ1n) is 11.0. The Labute approximate surface area is 191 Å². The molecular formula is C26H26F2N4O. The van der Waals surface area contributed by atoms with E-state index in [1.165, 1.54) is 12.1 Å². The molecule has 0 saturated heterocycles. The number of nitrogens with zero attached hydrogens (tertiary/aromatic N) is 2. The lowest BCUT2D eigenvalue weighted by Crippen LogP contribution is -2.28. The Kier molecular flexibility index (Phi) is 7.10. The van der Waals surface area contributed by atoms with Crippen LogP contribution in [-0.2, 0) is 6.54 Å². The highest BCUT2D eigenvalue weighted by Crippen LogP contribution is 2.27. The van der Waals surface area contributed by atoms with Gasteiger partial charge in [0, 0.05) is 13.1 Å². The highest BCUT2D eigenvalue weighted by atomic mass is 19.2. The zero-order valence-electron chi connectivity index (χ0n) is 18.2. The van der Waals surface area contributed by atoms with Crippen molar-refractivity contribution in [1.82, 2.24) is 14.9 Å². The second-order valence-electron chi connectivity index (χ2n) is 7.94. The molecule has 1 heterocycles. The van der Waals surface area contributed by atoms with Gasteiger partial charge in [0.1, 0.15) is 0 Å². The van der Waals surface area contributed by atoms with Gasteiger partial charge in [-0.2, -0.15) is 0 Å². The third-order valence-corrected chi connectivity index (χ3v) is 5.55. The highest BCUT2D eigenvalue weighted by Gasteiger charge is 2.18. The summed E-state index contributed by atoms with van der Waals surface area (Å²) in [5.41, 5.74) is 9.21. The zero-order chi connectivity index (χ0) is 23.2. The predicted molar refractivity (Wildman–Crippen MR) is 126 cm³/mol. The average molecular weight is 449 g/mol. The summed E-state index contributed by atoms with van der Waals surface area (Å²) >= 11 is 0. The number of carbonyl (C=O) groups excluding carboxylic acids is 1. The summed E-state index contributed by atoms with van der Waals surface area (Å²) < 4.78 is 29.1. The Bertz CT molecular complexity index is 1250. The van der Waals surface area contributed by atoms with Crippen LogP contribution < -0.4 is 11.1 Å². The van der Waals surface area contributed by atoms with E-state index in [0.29, 0.717) is 42.1 Å². The Morgan fingerprint density at radius 2 is 1.67 bits per heavy atom. The molecule has 170 valence electrons. The summed E-state index contributed by atoms with van der Waals surface area (Å²) in [6.45, 7) is 1.64. The smallest absolute Gasteiger partial charge is 0.287 e. The van der Waals surface area contributed by atoms with Crippen molar-refractivity contribution in [2.24, 2.45) is 5.73 Å². The number of rotatable bonds is 9. The minimum Gasteiger partial charge on any atom is -0.349 e. The number of halogens is 2. The summed E-state index contributed by atoms with van der Waals surface area (Å²) in [6, 6.07) is 19.1. The van der Waals surface area contributed by atoms with Crippen molar-refractivity contribution >= 4 is 16.9 Å². The normalized spacial score (nSPS) is 11.1. The monoisotopic (exact) mass is 448 g/mol. The molecule has 1 amide bonds. The van der Waals surface area contributed by atoms with Crippen molar-refractivity contribution in [1.29, 1.82) is 0 Å². The van der Waals surface area contributed by atoms with Gasteiger partial charge in [0.25, 0.3) is 5.91 Å². The predicted octanol–water partition coefficient (Wildman–Crippen LogP) is 4.89. The van der Waals surface area contributed by atoms with Gasteiger partial charge in [0.2, 0.25) is 0 Å². The molecule has 3 N–H and O–H groups in total. The van der Waals surface area contributed by atoms with Crippen LogP contribution in [0.5, 0.6) is 0 Å². The van der Waals surface area contributed by atoms with Gasteiger partial charge in [-0.05, 0) is 60.3 Å². The number of unbranched alkanes of at least 4 members (excludes halogenated alkanes) is 2. The number of hydrogen-bond donors (Lipinski definition) is 2. The lowest BCUT2D eigenvalue weighted by molar-refractivity contribution is 0.0939. The maximum absolute atomic E-state index is 13.8. The first-order chi connectivity index (χ1) is 16.1. The molecule has 1 aromatic heterocycles. The molecule has 4 rings (SSSR count). The van der Waals surface area contributed by atoms with Gasteiger partial charge in [-0.1, -0.05) is 48.9 Å². The molecule has 3 aromatic carbocycles. The van der Waals surface area contributed by atoms with Crippen LogP contribution in [0.15, 0.2) is 66.7 Å². The average Bonchev–Trinajstić information content (AvgIpc) is 3.19. The number of carbonyl (C=O) groups is 1. The number of imidazole rings is 1. The second-order valence-corrected chi connectivity index (χ2v) is 7.94. The summed E-state index contributed by atoms with van der Waals surface area (Å²) in [6.07, 6.45) is 2.73. The van der Waals surface area contributed by atoms with Crippen molar-refractivity contribution in [3.8, 4) is 11.1 Å². The van der Waals surface area contributed by atoms with E-state index in [1.807, 2.05) is 41.0 Å². The van der Waals surface area contributed by atoms with Crippen LogP contribution in [0.3, 0.4) is 0 Å². The molecule has 0 spiro atoms. The minimum absolute atomic E-state index is 0.246. The fraction of sp³-hybridized carbons (Fsp3) is 0.231. The second kappa shape index (κ2) is 10.4. The van der Waals surface area contributed by atoms with Gasteiger partial charge in [0.15, 0.2) is 17.5 Å². The molecule has 0 bridgehead atoms. The SMILES string of the molecule is NCCCCCNC(=O)c1nc2ccc(-c3ccc(F)c(F)c3)cc2n1Cc1ccccc1. The number of aromatic nitrogens is 2. The van der Waals surface area contributed by atoms with E-state index in [2.05, 4.69) is 10.3 Å². The van der Waals surface area contributed by atoms with Crippen molar-refractivity contribution in [2.45, 2.75) is 25.8 Å². The topological polar surface area (TPSA) is 72.9 Å². The third-order valence-electron chi connectivity index (χ3n) is 5.55. The maximum Gasteiger partial charge on any atom is 0.287 e. The molecule has 7 heteroatoms. The standard InChI is InChI=1S/C26H26F2N4O/c27-21-11-9-19(15-22(21)28)20-10-12-23-24(16-20)32(17-18-7-3-1-4-8-18)25(31-23)26(33)30-14-6-2-5-13-29/h1,3-4,7-12,15-16H,2,5-6,13-14,17,29H2,(H,30,33). The lowest BCUT2D eigenvalue weighted by atomic mass is 10.0. The van der Waals surface area contributed by atoms with Crippen LogP contribution in [0.1, 0.15) is 35.4 Å². The molecule has 33 heavy (non-hydrogen) atoms. The van der Waals surface area contributed by atoms with Crippen LogP contribution in [0.25, 0.3) is 22.2 Å². The van der Waals surface area contributed by atoms with Gasteiger partial charge in [0.05, 0.1) is 11.0 Å².